The Labute approximate surface area is 317 Å². The molecule has 4 saturated heterocycles. The predicted molar refractivity (Wildman–Crippen MR) is 179 cm³/mol. The monoisotopic (exact) mass is 840 g/mol. The van der Waals surface area contributed by atoms with Crippen LogP contribution in [-0.2, 0) is 46.6 Å². The number of nitrogens with zero attached hydrogens (tertiary/aromatic N) is 2. The smallest absolute Gasteiger partial charge is 0.431 e. The van der Waals surface area contributed by atoms with Gasteiger partial charge in [-0.2, -0.15) is 27.9 Å². The average Bonchev–Trinajstić information content (AvgIpc) is 3.55. The van der Waals surface area contributed by atoms with Gasteiger partial charge >= 0.3 is 27.8 Å². The van der Waals surface area contributed by atoms with Crippen LogP contribution in [0.3, 0.4) is 0 Å². The molecule has 0 aliphatic carbocycles. The van der Waals surface area contributed by atoms with Crippen molar-refractivity contribution < 1.29 is 97.3 Å². The normalized spacial score (nSPS) is 41.0. The van der Waals surface area contributed by atoms with Gasteiger partial charge < -0.3 is 59.8 Å². The Hall–Kier alpha value is -2.62. The second-order valence-electron chi connectivity index (χ2n) is 13.2. The van der Waals surface area contributed by atoms with E-state index in [9.17, 15) is 60.2 Å². The van der Waals surface area contributed by atoms with E-state index in [1.165, 1.54) is 24.8 Å². The largest absolute Gasteiger partial charge is 0.445 e. The molecule has 24 nitrogen and oxygen atoms in total. The van der Waals surface area contributed by atoms with Crippen LogP contribution < -0.4 is 11.5 Å². The van der Waals surface area contributed by atoms with Gasteiger partial charge in [-0.05, 0) is 35.4 Å². The van der Waals surface area contributed by atoms with Gasteiger partial charge in [0.05, 0.1) is 0 Å². The average molecular weight is 841 g/mol. The summed E-state index contributed by atoms with van der Waals surface area (Å²) in [6.07, 6.45) is -14.7. The summed E-state index contributed by atoms with van der Waals surface area (Å²) in [6.45, 7) is -0.285. The summed E-state index contributed by atoms with van der Waals surface area (Å²) in [4.78, 5) is 55.7. The summed E-state index contributed by atoms with van der Waals surface area (Å²) in [7, 11) is -8.82. The van der Waals surface area contributed by atoms with E-state index >= 15 is 0 Å². The molecule has 4 aliphatic heterocycles. The third-order valence-corrected chi connectivity index (χ3v) is 13.7. The van der Waals surface area contributed by atoms with Crippen molar-refractivity contribution in [1.29, 1.82) is 0 Å². The van der Waals surface area contributed by atoms with Crippen molar-refractivity contribution in [3.63, 3.8) is 0 Å². The Bertz CT molecular complexity index is 1580. The van der Waals surface area contributed by atoms with Gasteiger partial charge in [0, 0.05) is 37.6 Å². The van der Waals surface area contributed by atoms with Gasteiger partial charge in [0.15, 0.2) is 12.2 Å². The number of aromatic nitrogens is 2. The lowest BCUT2D eigenvalue weighted by atomic mass is 10.1. The van der Waals surface area contributed by atoms with Crippen LogP contribution in [0.4, 0.5) is 0 Å². The Kier molecular flexibility index (Phi) is 12.7. The molecule has 16 atom stereocenters. The fourth-order valence-corrected chi connectivity index (χ4v) is 10.2. The van der Waals surface area contributed by atoms with Crippen molar-refractivity contribution in [2.45, 2.75) is 97.4 Å². The number of nitrogens with two attached hydrogens (primary N) is 2. The Morgan fingerprint density at radius 1 is 0.679 bits per heavy atom. The summed E-state index contributed by atoms with van der Waals surface area (Å²) in [5.74, 6) is -8.55. The predicted octanol–water partition coefficient (Wildman–Crippen LogP) is -4.45. The number of aliphatic hydroxyl groups excluding tert-OH is 8. The first-order valence-corrected chi connectivity index (χ1v) is 20.1. The first-order chi connectivity index (χ1) is 26.3. The van der Waals surface area contributed by atoms with Crippen molar-refractivity contribution in [1.82, 2.24) is 9.97 Å². The number of carbonyl (C=O) groups excluding carboxylic acids is 2. The van der Waals surface area contributed by atoms with E-state index in [2.05, 4.69) is 9.97 Å². The zero-order valence-electron chi connectivity index (χ0n) is 28.9. The molecule has 0 bridgehead atoms. The van der Waals surface area contributed by atoms with E-state index in [1.54, 1.807) is 24.3 Å². The summed E-state index contributed by atoms with van der Waals surface area (Å²) >= 11 is 0. The van der Waals surface area contributed by atoms with Crippen LogP contribution in [0.1, 0.15) is 36.2 Å². The summed E-state index contributed by atoms with van der Waals surface area (Å²) < 4.78 is 42.0. The molecule has 6 unspecified atom stereocenters. The lowest BCUT2D eigenvalue weighted by Gasteiger charge is -2.36. The number of carbonyl (C=O) groups is 2. The maximum Gasteiger partial charge on any atom is 0.445 e. The van der Waals surface area contributed by atoms with Crippen LogP contribution >= 0.6 is 15.9 Å². The van der Waals surface area contributed by atoms with Crippen LogP contribution in [0.2, 0.25) is 0 Å². The number of hydrogen-bond acceptors (Lipinski definition) is 24. The van der Waals surface area contributed by atoms with Crippen molar-refractivity contribution in [3.05, 3.63) is 60.2 Å². The Morgan fingerprint density at radius 2 is 1.02 bits per heavy atom. The minimum absolute atomic E-state index is 0.143. The lowest BCUT2D eigenvalue weighted by Crippen LogP contribution is -2.60. The Balaban J connectivity index is 1.06. The van der Waals surface area contributed by atoms with Gasteiger partial charge in [0.25, 0.3) is 11.7 Å². The SMILES string of the molecule is N[C@@]1(C(O)[P+]2(O)OCC[C@H](c3ccncc3)O2)O[C@H](OC(=O)C(O)C(O)C(=O)O[C@H]2O[C@@](N)(C(O)[P+]3(O)OCC[C@H](c4ccncc4)O3)[C@H](O)[C@H]2O)[C@H](O)[C@H]1O. The van der Waals surface area contributed by atoms with Crippen LogP contribution in [0.15, 0.2) is 49.1 Å². The molecule has 0 amide bonds. The van der Waals surface area contributed by atoms with Crippen LogP contribution in [-0.4, -0.2) is 158 Å². The fraction of sp³-hybridized carbons (Fsp3) is 0.600. The Morgan fingerprint density at radius 3 is 1.36 bits per heavy atom. The van der Waals surface area contributed by atoms with Crippen LogP contribution in [0.5, 0.6) is 0 Å². The highest BCUT2D eigenvalue weighted by molar-refractivity contribution is 7.61. The zero-order chi connectivity index (χ0) is 40.8. The molecule has 2 aromatic rings. The van der Waals surface area contributed by atoms with Crippen molar-refractivity contribution in [3.8, 4) is 0 Å². The van der Waals surface area contributed by atoms with E-state index in [-0.39, 0.29) is 26.1 Å². The van der Waals surface area contributed by atoms with E-state index < -0.39 is 112 Å². The maximum absolute atomic E-state index is 12.8. The first-order valence-electron chi connectivity index (χ1n) is 16.8. The highest BCUT2D eigenvalue weighted by atomic mass is 31.2. The van der Waals surface area contributed by atoms with Gasteiger partial charge in [-0.1, -0.05) is 0 Å². The third kappa shape index (κ3) is 8.04. The molecule has 56 heavy (non-hydrogen) atoms. The van der Waals surface area contributed by atoms with Crippen LogP contribution in [0.25, 0.3) is 0 Å². The quantitative estimate of drug-likeness (QED) is 0.0750. The van der Waals surface area contributed by atoms with Crippen molar-refractivity contribution in [2.24, 2.45) is 11.5 Å². The second kappa shape index (κ2) is 16.6. The molecule has 6 heterocycles. The summed E-state index contributed by atoms with van der Waals surface area (Å²) in [5.41, 5.74) is 7.56. The lowest BCUT2D eigenvalue weighted by molar-refractivity contribution is -0.228. The molecule has 0 radical (unpaired) electrons. The van der Waals surface area contributed by atoms with Gasteiger partial charge in [0.1, 0.15) is 49.8 Å². The van der Waals surface area contributed by atoms with E-state index in [4.69, 9.17) is 48.5 Å². The minimum atomic E-state index is -4.41. The van der Waals surface area contributed by atoms with Crippen molar-refractivity contribution >= 4 is 27.8 Å². The van der Waals surface area contributed by atoms with Crippen LogP contribution in [0, 0.1) is 0 Å². The molecular weight excluding hydrogens is 798 g/mol. The van der Waals surface area contributed by atoms with Gasteiger partial charge in [-0.3, -0.25) is 21.4 Å². The number of esters is 2. The molecular formula is C30H42N4O20P2+2. The maximum atomic E-state index is 12.8. The molecule has 0 aromatic carbocycles. The number of aliphatic hydroxyl groups is 8. The third-order valence-electron chi connectivity index (χ3n) is 9.47. The van der Waals surface area contributed by atoms with Crippen molar-refractivity contribution in [2.75, 3.05) is 13.2 Å². The number of pyridine rings is 2. The molecule has 6 rings (SSSR count). The highest BCUT2D eigenvalue weighted by Gasteiger charge is 2.72. The molecule has 14 N–H and O–H groups in total. The molecule has 0 spiro atoms. The van der Waals surface area contributed by atoms with Gasteiger partial charge in [-0.25, -0.2) is 9.59 Å². The molecule has 2 aromatic heterocycles. The zero-order valence-corrected chi connectivity index (χ0v) is 30.7. The summed E-state index contributed by atoms with van der Waals surface area (Å²) in [5, 5.41) is 85.6. The van der Waals surface area contributed by atoms with E-state index in [1.807, 2.05) is 0 Å². The topological polar surface area (TPSA) is 388 Å². The number of ether oxygens (including phenoxy) is 4. The van der Waals surface area contributed by atoms with E-state index in [0.717, 1.165) is 0 Å². The molecule has 310 valence electrons. The minimum Gasteiger partial charge on any atom is -0.431 e. The second-order valence-corrected chi connectivity index (χ2v) is 17.4. The molecule has 4 fully saturated rings. The van der Waals surface area contributed by atoms with Gasteiger partial charge in [-0.15, -0.1) is 0 Å². The number of rotatable bonds is 11. The highest BCUT2D eigenvalue weighted by Crippen LogP contribution is 2.69. The molecule has 4 aliphatic rings. The standard InChI is InChI=1S/C30H42N4O20P2/c31-29(27(43)55(45)47-11-5-15(53-55)13-1-7-33-8-2-13)21(39)19(37)25(51-29)49-23(41)17(35)18(36)24(42)50-26-20(38)22(40)30(32,52-26)28(44)56(46)48-12-6-16(54-56)14-3-9-34-10-4-14/h1-4,7-10,15-22,25-28,35-40,43-46H,5-6,11-12,31-32H2/q+2/t15-,16-,17?,18?,19-,20-,21-,22-,25+,26+,27?,28?,29-,30-,55?,56?/m1/s1. The first kappa shape index (κ1) is 43.0. The number of hydrogen-bond donors (Lipinski definition) is 12. The molecule has 26 heteroatoms. The fourth-order valence-electron chi connectivity index (χ4n) is 6.24. The van der Waals surface area contributed by atoms with Gasteiger partial charge in [0.2, 0.25) is 24.0 Å². The van der Waals surface area contributed by atoms with E-state index in [0.29, 0.717) is 11.1 Å². The summed E-state index contributed by atoms with van der Waals surface area (Å²) in [6, 6.07) is 6.32. The molecule has 0 saturated carbocycles.